The Bertz CT molecular complexity index is 1270. The number of amides is 1. The molecule has 164 valence electrons. The lowest BCUT2D eigenvalue weighted by Crippen LogP contribution is -2.26. The monoisotopic (exact) mass is 436 g/mol. The molecule has 3 aromatic heterocycles. The standard InChI is InChI=1S/C21H21FN8O2/c1-32-21(31)25-10-8-13-18(23)28-20(29-19(13)24)17-15-7-4-9-26-30(15)16(27-17)11-12-5-2-3-6-14(12)22/h2-7,9H,8,10-11H2,1H3,(H,25,31)(H4,23,24,28,29). The van der Waals surface area contributed by atoms with Crippen LogP contribution in [0.4, 0.5) is 20.8 Å². The minimum absolute atomic E-state index is 0.180. The maximum Gasteiger partial charge on any atom is 0.406 e. The van der Waals surface area contributed by atoms with Crippen LogP contribution in [0.25, 0.3) is 17.0 Å². The van der Waals surface area contributed by atoms with E-state index in [1.54, 1.807) is 35.0 Å². The fourth-order valence-corrected chi connectivity index (χ4v) is 3.32. The summed E-state index contributed by atoms with van der Waals surface area (Å²) >= 11 is 0. The van der Waals surface area contributed by atoms with Crippen LogP contribution in [0.1, 0.15) is 17.0 Å². The van der Waals surface area contributed by atoms with Gasteiger partial charge in [-0.2, -0.15) is 5.10 Å². The van der Waals surface area contributed by atoms with E-state index in [1.165, 1.54) is 13.2 Å². The number of alkyl carbamates (subject to hydrolysis) is 1. The second-order valence-electron chi connectivity index (χ2n) is 6.93. The molecule has 0 saturated carbocycles. The second kappa shape index (κ2) is 8.84. The van der Waals surface area contributed by atoms with Crippen molar-refractivity contribution in [1.29, 1.82) is 0 Å². The van der Waals surface area contributed by atoms with Gasteiger partial charge in [-0.3, -0.25) is 0 Å². The van der Waals surface area contributed by atoms with Crippen molar-refractivity contribution in [2.75, 3.05) is 25.1 Å². The number of imidazole rings is 1. The number of ether oxygens (including phenoxy) is 1. The van der Waals surface area contributed by atoms with Crippen LogP contribution in [0, 0.1) is 5.82 Å². The lowest BCUT2D eigenvalue weighted by atomic mass is 10.1. The summed E-state index contributed by atoms with van der Waals surface area (Å²) in [5.41, 5.74) is 14.3. The van der Waals surface area contributed by atoms with E-state index < -0.39 is 6.09 Å². The first-order chi connectivity index (χ1) is 15.5. The number of nitrogens with zero attached hydrogens (tertiary/aromatic N) is 5. The van der Waals surface area contributed by atoms with Gasteiger partial charge in [0.2, 0.25) is 0 Å². The fraction of sp³-hybridized carbons (Fsp3) is 0.190. The Morgan fingerprint density at radius 2 is 1.88 bits per heavy atom. The molecule has 0 radical (unpaired) electrons. The molecule has 0 aliphatic heterocycles. The van der Waals surface area contributed by atoms with E-state index in [0.717, 1.165) is 0 Å². The van der Waals surface area contributed by atoms with Gasteiger partial charge in [0.25, 0.3) is 0 Å². The molecule has 0 aliphatic carbocycles. The van der Waals surface area contributed by atoms with Crippen molar-refractivity contribution in [3.05, 3.63) is 65.4 Å². The lowest BCUT2D eigenvalue weighted by molar-refractivity contribution is 0.171. The average Bonchev–Trinajstić information content (AvgIpc) is 3.15. The average molecular weight is 436 g/mol. The normalized spacial score (nSPS) is 10.9. The van der Waals surface area contributed by atoms with Gasteiger partial charge in [-0.1, -0.05) is 18.2 Å². The summed E-state index contributed by atoms with van der Waals surface area (Å²) in [6, 6.07) is 10.1. The summed E-state index contributed by atoms with van der Waals surface area (Å²) in [5.74, 6) is 0.791. The molecule has 0 fully saturated rings. The molecule has 0 bridgehead atoms. The molecule has 0 atom stereocenters. The van der Waals surface area contributed by atoms with Gasteiger partial charge in [-0.25, -0.2) is 28.7 Å². The van der Waals surface area contributed by atoms with Crippen LogP contribution in [0.5, 0.6) is 0 Å². The van der Waals surface area contributed by atoms with Crippen molar-refractivity contribution in [2.45, 2.75) is 12.8 Å². The Morgan fingerprint density at radius 3 is 2.59 bits per heavy atom. The number of aromatic nitrogens is 5. The van der Waals surface area contributed by atoms with Crippen LogP contribution >= 0.6 is 0 Å². The third kappa shape index (κ3) is 4.13. The highest BCUT2D eigenvalue weighted by Gasteiger charge is 2.19. The van der Waals surface area contributed by atoms with Gasteiger partial charge in [0.05, 0.1) is 12.6 Å². The number of carbonyl (C=O) groups excluding carboxylic acids is 1. The molecule has 1 amide bonds. The van der Waals surface area contributed by atoms with Crippen molar-refractivity contribution < 1.29 is 13.9 Å². The minimum atomic E-state index is -0.556. The fourth-order valence-electron chi connectivity index (χ4n) is 3.32. The van der Waals surface area contributed by atoms with Gasteiger partial charge in [-0.15, -0.1) is 0 Å². The van der Waals surface area contributed by atoms with E-state index in [9.17, 15) is 9.18 Å². The molecule has 0 aliphatic rings. The van der Waals surface area contributed by atoms with Gasteiger partial charge in [-0.05, 0) is 30.2 Å². The molecule has 1 aromatic carbocycles. The van der Waals surface area contributed by atoms with Crippen LogP contribution in [-0.2, 0) is 17.6 Å². The first-order valence-corrected chi connectivity index (χ1v) is 9.78. The van der Waals surface area contributed by atoms with Gasteiger partial charge in [0.1, 0.15) is 29.0 Å². The summed E-state index contributed by atoms with van der Waals surface area (Å²) in [6.45, 7) is 0.258. The van der Waals surface area contributed by atoms with Crippen molar-refractivity contribution in [2.24, 2.45) is 0 Å². The molecule has 32 heavy (non-hydrogen) atoms. The molecule has 10 nitrogen and oxygen atoms in total. The first kappa shape index (κ1) is 21.0. The Labute approximate surface area is 182 Å². The summed E-state index contributed by atoms with van der Waals surface area (Å²) in [5, 5.41) is 6.90. The molecular formula is C21H21FN8O2. The SMILES string of the molecule is COC(=O)NCCc1c(N)nc(-c2nc(Cc3ccccc3F)n3ncccc23)nc1N. The number of rotatable bonds is 6. The van der Waals surface area contributed by atoms with E-state index in [1.807, 2.05) is 6.07 Å². The minimum Gasteiger partial charge on any atom is -0.453 e. The van der Waals surface area contributed by atoms with Gasteiger partial charge >= 0.3 is 6.09 Å². The highest BCUT2D eigenvalue weighted by Crippen LogP contribution is 2.26. The quantitative estimate of drug-likeness (QED) is 0.416. The molecule has 11 heteroatoms. The third-order valence-electron chi connectivity index (χ3n) is 4.90. The number of carbonyl (C=O) groups is 1. The molecule has 4 aromatic rings. The molecule has 0 unspecified atom stereocenters. The van der Waals surface area contributed by atoms with Crippen molar-refractivity contribution in [3.8, 4) is 11.5 Å². The molecular weight excluding hydrogens is 415 g/mol. The van der Waals surface area contributed by atoms with E-state index >= 15 is 0 Å². The van der Waals surface area contributed by atoms with E-state index in [0.29, 0.717) is 34.6 Å². The van der Waals surface area contributed by atoms with Crippen molar-refractivity contribution in [3.63, 3.8) is 0 Å². The van der Waals surface area contributed by atoms with Crippen molar-refractivity contribution in [1.82, 2.24) is 29.9 Å². The number of hydrogen-bond donors (Lipinski definition) is 3. The molecule has 4 rings (SSSR count). The summed E-state index contributed by atoms with van der Waals surface area (Å²) in [6.07, 6.45) is 1.62. The van der Waals surface area contributed by atoms with Crippen LogP contribution in [0.15, 0.2) is 42.6 Å². The van der Waals surface area contributed by atoms with E-state index in [-0.39, 0.29) is 36.2 Å². The summed E-state index contributed by atoms with van der Waals surface area (Å²) in [7, 11) is 1.28. The number of nitrogens with one attached hydrogen (secondary N) is 1. The first-order valence-electron chi connectivity index (χ1n) is 9.78. The summed E-state index contributed by atoms with van der Waals surface area (Å²) < 4.78 is 20.3. The Hall–Kier alpha value is -4.28. The highest BCUT2D eigenvalue weighted by atomic mass is 19.1. The van der Waals surface area contributed by atoms with Crippen LogP contribution in [-0.4, -0.2) is 44.3 Å². The van der Waals surface area contributed by atoms with Crippen LogP contribution in [0.3, 0.4) is 0 Å². The number of anilines is 2. The zero-order chi connectivity index (χ0) is 22.7. The van der Waals surface area contributed by atoms with Gasteiger partial charge in [0, 0.05) is 24.7 Å². The van der Waals surface area contributed by atoms with Crippen molar-refractivity contribution >= 4 is 23.2 Å². The predicted octanol–water partition coefficient (Wildman–Crippen LogP) is 1.98. The number of halogens is 1. The largest absolute Gasteiger partial charge is 0.453 e. The third-order valence-corrected chi connectivity index (χ3v) is 4.90. The predicted molar refractivity (Wildman–Crippen MR) is 116 cm³/mol. The molecule has 5 N–H and O–H groups in total. The molecule has 0 saturated heterocycles. The zero-order valence-corrected chi connectivity index (χ0v) is 17.2. The van der Waals surface area contributed by atoms with E-state index in [2.05, 4.69) is 30.1 Å². The number of benzene rings is 1. The van der Waals surface area contributed by atoms with Gasteiger partial charge < -0.3 is 21.5 Å². The second-order valence-corrected chi connectivity index (χ2v) is 6.93. The number of methoxy groups -OCH3 is 1. The highest BCUT2D eigenvalue weighted by molar-refractivity contribution is 5.75. The van der Waals surface area contributed by atoms with E-state index in [4.69, 9.17) is 11.5 Å². The number of nitrogens with two attached hydrogens (primary N) is 2. The number of nitrogen functional groups attached to an aromatic ring is 2. The Balaban J connectivity index is 1.69. The maximum atomic E-state index is 14.2. The van der Waals surface area contributed by atoms with Crippen LogP contribution < -0.4 is 16.8 Å². The molecule has 3 heterocycles. The molecule has 0 spiro atoms. The maximum absolute atomic E-state index is 14.2. The Morgan fingerprint density at radius 1 is 1.12 bits per heavy atom. The summed E-state index contributed by atoms with van der Waals surface area (Å²) in [4.78, 5) is 24.6. The van der Waals surface area contributed by atoms with Crippen LogP contribution in [0.2, 0.25) is 0 Å². The Kier molecular flexibility index (Phi) is 5.79. The zero-order valence-electron chi connectivity index (χ0n) is 17.2. The smallest absolute Gasteiger partial charge is 0.406 e. The number of fused-ring (bicyclic) bond motifs is 1. The number of hydrogen-bond acceptors (Lipinski definition) is 8. The van der Waals surface area contributed by atoms with Gasteiger partial charge in [0.15, 0.2) is 5.82 Å². The topological polar surface area (TPSA) is 146 Å². The lowest BCUT2D eigenvalue weighted by Gasteiger charge is -2.10.